The summed E-state index contributed by atoms with van der Waals surface area (Å²) in [5, 5.41) is 9.93. The first-order chi connectivity index (χ1) is 14.1. The van der Waals surface area contributed by atoms with E-state index < -0.39 is 6.04 Å². The Balaban J connectivity index is 1.63. The van der Waals surface area contributed by atoms with Gasteiger partial charge in [-0.25, -0.2) is 4.68 Å². The number of carbonyl (C=O) groups is 2. The Morgan fingerprint density at radius 3 is 2.62 bits per heavy atom. The first-order valence-corrected chi connectivity index (χ1v) is 8.93. The normalized spacial score (nSPS) is 15.2. The van der Waals surface area contributed by atoms with Crippen molar-refractivity contribution in [1.29, 1.82) is 0 Å². The third-order valence-electron chi connectivity index (χ3n) is 4.57. The van der Waals surface area contributed by atoms with E-state index in [4.69, 9.17) is 9.47 Å². The van der Waals surface area contributed by atoms with Gasteiger partial charge in [-0.15, -0.1) is 5.10 Å². The third-order valence-corrected chi connectivity index (χ3v) is 4.57. The molecule has 1 aliphatic rings. The van der Waals surface area contributed by atoms with E-state index in [0.717, 1.165) is 5.56 Å². The molecule has 0 fully saturated rings. The molecule has 0 aliphatic carbocycles. The maximum Gasteiger partial charge on any atom is 0.250 e. The first kappa shape index (κ1) is 18.5. The molecule has 0 radical (unpaired) electrons. The summed E-state index contributed by atoms with van der Waals surface area (Å²) in [6.45, 7) is 0. The molecule has 1 atom stereocenters. The topological polar surface area (TPSA) is 107 Å². The number of anilines is 2. The van der Waals surface area contributed by atoms with E-state index in [-0.39, 0.29) is 24.2 Å². The van der Waals surface area contributed by atoms with Gasteiger partial charge in [-0.1, -0.05) is 12.1 Å². The molecule has 9 nitrogen and oxygen atoms in total. The Morgan fingerprint density at radius 2 is 1.90 bits per heavy atom. The molecule has 2 amide bonds. The number of aromatic nitrogens is 3. The molecular weight excluding hydrogens is 374 g/mol. The van der Waals surface area contributed by atoms with Crippen molar-refractivity contribution in [2.24, 2.45) is 0 Å². The van der Waals surface area contributed by atoms with E-state index in [2.05, 4.69) is 20.7 Å². The van der Waals surface area contributed by atoms with Crippen molar-refractivity contribution >= 4 is 23.5 Å². The summed E-state index contributed by atoms with van der Waals surface area (Å²) < 4.78 is 11.9. The molecule has 2 heterocycles. The number of hydrogen-bond donors (Lipinski definition) is 2. The molecule has 2 aromatic carbocycles. The van der Waals surface area contributed by atoms with Crippen LogP contribution >= 0.6 is 0 Å². The molecule has 2 N–H and O–H groups in total. The number of nitrogens with one attached hydrogen (secondary N) is 2. The number of rotatable bonds is 5. The van der Waals surface area contributed by atoms with Crippen molar-refractivity contribution in [1.82, 2.24) is 14.8 Å². The highest BCUT2D eigenvalue weighted by atomic mass is 16.5. The van der Waals surface area contributed by atoms with E-state index in [9.17, 15) is 9.59 Å². The van der Waals surface area contributed by atoms with Gasteiger partial charge in [0.25, 0.3) is 0 Å². The van der Waals surface area contributed by atoms with Gasteiger partial charge in [-0.05, 0) is 36.4 Å². The van der Waals surface area contributed by atoms with Gasteiger partial charge in [0, 0.05) is 5.56 Å². The second-order valence-corrected chi connectivity index (χ2v) is 6.39. The summed E-state index contributed by atoms with van der Waals surface area (Å²) in [5.41, 5.74) is 1.26. The van der Waals surface area contributed by atoms with Gasteiger partial charge in [0.05, 0.1) is 26.3 Å². The average molecular weight is 393 g/mol. The zero-order valence-corrected chi connectivity index (χ0v) is 15.9. The van der Waals surface area contributed by atoms with Crippen LogP contribution in [-0.2, 0) is 9.59 Å². The summed E-state index contributed by atoms with van der Waals surface area (Å²) in [7, 11) is 3.11. The number of hydrogen-bond acceptors (Lipinski definition) is 6. The summed E-state index contributed by atoms with van der Waals surface area (Å²) in [6, 6.07) is 13.4. The first-order valence-electron chi connectivity index (χ1n) is 8.93. The lowest BCUT2D eigenvalue weighted by Crippen LogP contribution is -2.36. The van der Waals surface area contributed by atoms with Crippen molar-refractivity contribution in [3.05, 3.63) is 48.5 Å². The fourth-order valence-corrected chi connectivity index (χ4v) is 3.09. The van der Waals surface area contributed by atoms with E-state index in [1.165, 1.54) is 11.8 Å². The van der Waals surface area contributed by atoms with Crippen LogP contribution in [0, 0.1) is 0 Å². The van der Waals surface area contributed by atoms with Gasteiger partial charge in [-0.2, -0.15) is 4.98 Å². The Morgan fingerprint density at radius 1 is 1.14 bits per heavy atom. The molecule has 1 aliphatic heterocycles. The molecule has 148 valence electrons. The minimum absolute atomic E-state index is 0.0423. The molecule has 0 bridgehead atoms. The Kier molecular flexibility index (Phi) is 4.86. The Bertz CT molecular complexity index is 1060. The fraction of sp³-hybridized carbons (Fsp3) is 0.200. The summed E-state index contributed by atoms with van der Waals surface area (Å²) in [5.74, 6) is 1.19. The number of nitrogens with zero attached hydrogens (tertiary/aromatic N) is 3. The predicted octanol–water partition coefficient (Wildman–Crippen LogP) is 2.48. The van der Waals surface area contributed by atoms with Crippen LogP contribution in [0.3, 0.4) is 0 Å². The van der Waals surface area contributed by atoms with Crippen molar-refractivity contribution in [2.75, 3.05) is 24.9 Å². The minimum Gasteiger partial charge on any atom is -0.497 e. The molecule has 1 unspecified atom stereocenters. The van der Waals surface area contributed by atoms with E-state index in [1.54, 1.807) is 43.5 Å². The number of fused-ring (bicyclic) bond motifs is 1. The molecule has 3 aromatic rings. The lowest BCUT2D eigenvalue weighted by molar-refractivity contribution is -0.125. The number of benzene rings is 2. The summed E-state index contributed by atoms with van der Waals surface area (Å²) >= 11 is 0. The van der Waals surface area contributed by atoms with Gasteiger partial charge in [-0.3, -0.25) is 14.9 Å². The molecule has 9 heteroatoms. The van der Waals surface area contributed by atoms with Gasteiger partial charge in [0.2, 0.25) is 17.8 Å². The maximum atomic E-state index is 12.9. The van der Waals surface area contributed by atoms with E-state index in [0.29, 0.717) is 23.0 Å². The molecule has 4 rings (SSSR count). The van der Waals surface area contributed by atoms with Crippen LogP contribution in [-0.4, -0.2) is 40.8 Å². The Hall–Kier alpha value is -3.88. The lowest BCUT2D eigenvalue weighted by Gasteiger charge is -2.22. The SMILES string of the molecule is COc1ccc(-c2nc3n(n2)C(C(=O)Nc2ccccc2OC)CC(=O)N3)cc1. The van der Waals surface area contributed by atoms with Crippen LogP contribution < -0.4 is 20.1 Å². The van der Waals surface area contributed by atoms with E-state index in [1.807, 2.05) is 12.1 Å². The van der Waals surface area contributed by atoms with Crippen LogP contribution in [0.4, 0.5) is 11.6 Å². The average Bonchev–Trinajstić information content (AvgIpc) is 3.17. The van der Waals surface area contributed by atoms with Crippen LogP contribution in [0.5, 0.6) is 11.5 Å². The predicted molar refractivity (Wildman–Crippen MR) is 106 cm³/mol. The zero-order chi connectivity index (χ0) is 20.4. The fourth-order valence-electron chi connectivity index (χ4n) is 3.09. The standard InChI is InChI=1S/C20H19N5O4/c1-28-13-9-7-12(8-10-13)18-23-20-22-17(26)11-15(25(20)24-18)19(27)21-14-5-3-4-6-16(14)29-2/h3-10,15H,11H2,1-2H3,(H,21,27)(H,22,23,24,26). The molecule has 0 spiro atoms. The van der Waals surface area contributed by atoms with Gasteiger partial charge < -0.3 is 14.8 Å². The number of amides is 2. The monoisotopic (exact) mass is 393 g/mol. The molecule has 0 saturated carbocycles. The lowest BCUT2D eigenvalue weighted by atomic mass is 10.1. The summed E-state index contributed by atoms with van der Waals surface area (Å²) in [6.07, 6.45) is -0.0423. The molecule has 29 heavy (non-hydrogen) atoms. The van der Waals surface area contributed by atoms with Gasteiger partial charge in [0.1, 0.15) is 17.5 Å². The van der Waals surface area contributed by atoms with Gasteiger partial charge in [0.15, 0.2) is 5.82 Å². The maximum absolute atomic E-state index is 12.9. The van der Waals surface area contributed by atoms with Gasteiger partial charge >= 0.3 is 0 Å². The highest BCUT2D eigenvalue weighted by Crippen LogP contribution is 2.29. The number of para-hydroxylation sites is 2. The molecule has 1 aromatic heterocycles. The number of methoxy groups -OCH3 is 2. The second kappa shape index (κ2) is 7.63. The zero-order valence-electron chi connectivity index (χ0n) is 15.9. The highest BCUT2D eigenvalue weighted by Gasteiger charge is 2.33. The smallest absolute Gasteiger partial charge is 0.250 e. The van der Waals surface area contributed by atoms with Crippen molar-refractivity contribution in [2.45, 2.75) is 12.5 Å². The highest BCUT2D eigenvalue weighted by molar-refractivity contribution is 6.01. The van der Waals surface area contributed by atoms with Crippen molar-refractivity contribution in [3.63, 3.8) is 0 Å². The minimum atomic E-state index is -0.830. The van der Waals surface area contributed by atoms with Crippen molar-refractivity contribution in [3.8, 4) is 22.9 Å². The molecule has 0 saturated heterocycles. The largest absolute Gasteiger partial charge is 0.497 e. The quantitative estimate of drug-likeness (QED) is 0.690. The van der Waals surface area contributed by atoms with Crippen molar-refractivity contribution < 1.29 is 19.1 Å². The number of ether oxygens (including phenoxy) is 2. The molecular formula is C20H19N5O4. The van der Waals surface area contributed by atoms with E-state index >= 15 is 0 Å². The Labute approximate surface area is 166 Å². The van der Waals surface area contributed by atoms with Crippen LogP contribution in [0.15, 0.2) is 48.5 Å². The summed E-state index contributed by atoms with van der Waals surface area (Å²) in [4.78, 5) is 29.4. The number of carbonyl (C=O) groups excluding carboxylic acids is 2. The van der Waals surface area contributed by atoms with Crippen LogP contribution in [0.25, 0.3) is 11.4 Å². The van der Waals surface area contributed by atoms with Crippen LogP contribution in [0.1, 0.15) is 12.5 Å². The van der Waals surface area contributed by atoms with Crippen LogP contribution in [0.2, 0.25) is 0 Å². The second-order valence-electron chi connectivity index (χ2n) is 6.39. The third kappa shape index (κ3) is 3.62.